The van der Waals surface area contributed by atoms with Gasteiger partial charge >= 0.3 is 0 Å². The van der Waals surface area contributed by atoms with Crippen molar-refractivity contribution in [1.29, 1.82) is 0 Å². The van der Waals surface area contributed by atoms with Crippen LogP contribution in [-0.2, 0) is 0 Å². The fraction of sp³-hybridized carbons (Fsp3) is 0.0909. The van der Waals surface area contributed by atoms with Gasteiger partial charge in [-0.2, -0.15) is 0 Å². The molecule has 1 aromatic carbocycles. The zero-order chi connectivity index (χ0) is 10.8. The van der Waals surface area contributed by atoms with Crippen LogP contribution in [0, 0.1) is 5.82 Å². The van der Waals surface area contributed by atoms with Crippen molar-refractivity contribution in [3.05, 3.63) is 57.0 Å². The van der Waals surface area contributed by atoms with Gasteiger partial charge in [-0.25, -0.2) is 4.39 Å². The molecule has 0 saturated carbocycles. The number of hydrogen-bond donors (Lipinski definition) is 1. The summed E-state index contributed by atoms with van der Waals surface area (Å²) in [5, 5.41) is 2.30. The third-order valence-electron chi connectivity index (χ3n) is 2.15. The molecule has 0 fully saturated rings. The zero-order valence-corrected chi connectivity index (χ0v) is 10.6. The van der Waals surface area contributed by atoms with E-state index in [1.165, 1.54) is 17.4 Å². The van der Waals surface area contributed by atoms with E-state index in [-0.39, 0.29) is 18.2 Å². The fourth-order valence-corrected chi connectivity index (χ4v) is 2.28. The van der Waals surface area contributed by atoms with Crippen LogP contribution in [0.2, 0.25) is 5.02 Å². The molecule has 0 amide bonds. The average molecular weight is 278 g/mol. The molecule has 2 rings (SSSR count). The van der Waals surface area contributed by atoms with Crippen LogP contribution in [0.5, 0.6) is 0 Å². The van der Waals surface area contributed by atoms with Crippen LogP contribution >= 0.6 is 35.3 Å². The Hall–Kier alpha value is -0.610. The molecular weight excluding hydrogens is 268 g/mol. The van der Waals surface area contributed by atoms with Crippen molar-refractivity contribution in [3.8, 4) is 0 Å². The zero-order valence-electron chi connectivity index (χ0n) is 8.19. The Labute approximate surface area is 108 Å². The van der Waals surface area contributed by atoms with Gasteiger partial charge in [-0.15, -0.1) is 23.7 Å². The molecule has 1 nitrogen and oxygen atoms in total. The van der Waals surface area contributed by atoms with Crippen molar-refractivity contribution in [3.63, 3.8) is 0 Å². The summed E-state index contributed by atoms with van der Waals surface area (Å²) in [6.07, 6.45) is 0. The largest absolute Gasteiger partial charge is 0.320 e. The first-order valence-electron chi connectivity index (χ1n) is 4.42. The highest BCUT2D eigenvalue weighted by molar-refractivity contribution is 7.10. The number of nitrogens with two attached hydrogens (primary N) is 1. The maximum absolute atomic E-state index is 13.5. The third-order valence-corrected chi connectivity index (χ3v) is 3.34. The molecule has 1 aromatic heterocycles. The predicted molar refractivity (Wildman–Crippen MR) is 69.0 cm³/mol. The minimum absolute atomic E-state index is 0. The average Bonchev–Trinajstić information content (AvgIpc) is 2.69. The smallest absolute Gasteiger partial charge is 0.129 e. The minimum atomic E-state index is -0.415. The van der Waals surface area contributed by atoms with Crippen molar-refractivity contribution in [2.24, 2.45) is 5.73 Å². The highest BCUT2D eigenvalue weighted by Gasteiger charge is 2.14. The number of thiophene rings is 1. The number of halogens is 3. The molecule has 1 heterocycles. The van der Waals surface area contributed by atoms with Gasteiger partial charge in [0.25, 0.3) is 0 Å². The Kier molecular flexibility index (Phi) is 4.74. The number of hydrogen-bond acceptors (Lipinski definition) is 2. The van der Waals surface area contributed by atoms with Crippen molar-refractivity contribution < 1.29 is 4.39 Å². The maximum atomic E-state index is 13.5. The Bertz CT molecular complexity index is 459. The summed E-state index contributed by atoms with van der Waals surface area (Å²) in [6.45, 7) is 0. The van der Waals surface area contributed by atoms with Crippen molar-refractivity contribution in [2.75, 3.05) is 0 Å². The molecule has 16 heavy (non-hydrogen) atoms. The van der Waals surface area contributed by atoms with Gasteiger partial charge < -0.3 is 5.73 Å². The number of rotatable bonds is 2. The predicted octanol–water partition coefficient (Wildman–Crippen LogP) is 4.01. The lowest BCUT2D eigenvalue weighted by Crippen LogP contribution is -2.11. The van der Waals surface area contributed by atoms with Crippen LogP contribution < -0.4 is 5.73 Å². The van der Waals surface area contributed by atoms with E-state index in [4.69, 9.17) is 17.3 Å². The highest BCUT2D eigenvalue weighted by Crippen LogP contribution is 2.26. The molecule has 0 bridgehead atoms. The van der Waals surface area contributed by atoms with Crippen LogP contribution in [0.25, 0.3) is 0 Å². The Morgan fingerprint density at radius 3 is 2.62 bits per heavy atom. The Morgan fingerprint density at radius 1 is 1.31 bits per heavy atom. The molecule has 2 aromatic rings. The summed E-state index contributed by atoms with van der Waals surface area (Å²) in [4.78, 5) is 0.941. The first-order chi connectivity index (χ1) is 7.18. The molecule has 5 heteroatoms. The second-order valence-electron chi connectivity index (χ2n) is 3.16. The first-order valence-corrected chi connectivity index (χ1v) is 5.68. The van der Waals surface area contributed by atoms with E-state index in [2.05, 4.69) is 0 Å². The van der Waals surface area contributed by atoms with Gasteiger partial charge in [0, 0.05) is 15.5 Å². The minimum Gasteiger partial charge on any atom is -0.320 e. The molecule has 86 valence electrons. The van der Waals surface area contributed by atoms with Crippen molar-refractivity contribution in [1.82, 2.24) is 0 Å². The molecule has 1 atom stereocenters. The number of benzene rings is 1. The molecule has 0 saturated heterocycles. The molecule has 0 aliphatic heterocycles. The lowest BCUT2D eigenvalue weighted by Gasteiger charge is -2.11. The molecule has 2 N–H and O–H groups in total. The topological polar surface area (TPSA) is 26.0 Å². The van der Waals surface area contributed by atoms with Crippen molar-refractivity contribution in [2.45, 2.75) is 6.04 Å². The molecule has 0 unspecified atom stereocenters. The van der Waals surface area contributed by atoms with Gasteiger partial charge in [0.2, 0.25) is 0 Å². The molecule has 0 radical (unpaired) electrons. The second kappa shape index (κ2) is 5.64. The SMILES string of the molecule is Cl.N[C@H](c1cccs1)c1ccc(Cl)cc1F. The molecule has 0 spiro atoms. The van der Waals surface area contributed by atoms with Gasteiger partial charge in [-0.3, -0.25) is 0 Å². The summed E-state index contributed by atoms with van der Waals surface area (Å²) in [6, 6.07) is 7.93. The summed E-state index contributed by atoms with van der Waals surface area (Å²) in [5.41, 5.74) is 6.41. The monoisotopic (exact) mass is 277 g/mol. The summed E-state index contributed by atoms with van der Waals surface area (Å²) in [5.74, 6) is -0.358. The molecule has 0 aliphatic carbocycles. The van der Waals surface area contributed by atoms with Gasteiger partial charge in [-0.1, -0.05) is 23.7 Å². The normalized spacial score (nSPS) is 11.9. The maximum Gasteiger partial charge on any atom is 0.129 e. The van der Waals surface area contributed by atoms with Crippen molar-refractivity contribution >= 4 is 35.3 Å². The second-order valence-corrected chi connectivity index (χ2v) is 4.57. The highest BCUT2D eigenvalue weighted by atomic mass is 35.5. The van der Waals surface area contributed by atoms with Gasteiger partial charge in [0.15, 0.2) is 0 Å². The van der Waals surface area contributed by atoms with E-state index in [0.29, 0.717) is 10.6 Å². The van der Waals surface area contributed by atoms with Gasteiger partial charge in [0.1, 0.15) is 5.82 Å². The fourth-order valence-electron chi connectivity index (χ4n) is 1.38. The van der Waals surface area contributed by atoms with Gasteiger partial charge in [-0.05, 0) is 23.6 Å². The van der Waals surface area contributed by atoms with Crippen LogP contribution in [0.15, 0.2) is 35.7 Å². The van der Waals surface area contributed by atoms with Crippen LogP contribution in [0.1, 0.15) is 16.5 Å². The Balaban J connectivity index is 0.00000128. The van der Waals surface area contributed by atoms with Crippen LogP contribution in [0.3, 0.4) is 0 Å². The van der Waals surface area contributed by atoms with E-state index in [9.17, 15) is 4.39 Å². The molecular formula is C11H10Cl2FNS. The summed E-state index contributed by atoms with van der Waals surface area (Å²) >= 11 is 7.18. The van der Waals surface area contributed by atoms with Crippen LogP contribution in [-0.4, -0.2) is 0 Å². The van der Waals surface area contributed by atoms with E-state index < -0.39 is 6.04 Å². The third kappa shape index (κ3) is 2.74. The van der Waals surface area contributed by atoms with Gasteiger partial charge in [0.05, 0.1) is 6.04 Å². The quantitative estimate of drug-likeness (QED) is 0.882. The van der Waals surface area contributed by atoms with E-state index in [0.717, 1.165) is 4.88 Å². The Morgan fingerprint density at radius 2 is 2.06 bits per heavy atom. The summed E-state index contributed by atoms with van der Waals surface area (Å²) in [7, 11) is 0. The van der Waals surface area contributed by atoms with E-state index in [1.54, 1.807) is 12.1 Å². The first kappa shape index (κ1) is 13.5. The van der Waals surface area contributed by atoms with Crippen LogP contribution in [0.4, 0.5) is 4.39 Å². The lowest BCUT2D eigenvalue weighted by molar-refractivity contribution is 0.601. The van der Waals surface area contributed by atoms with E-state index in [1.807, 2.05) is 17.5 Å². The lowest BCUT2D eigenvalue weighted by atomic mass is 10.1. The summed E-state index contributed by atoms with van der Waals surface area (Å²) < 4.78 is 13.5. The van der Waals surface area contributed by atoms with E-state index >= 15 is 0 Å². The molecule has 0 aliphatic rings. The standard InChI is InChI=1S/C11H9ClFNS.ClH/c12-7-3-4-8(9(13)6-7)11(14)10-2-1-5-15-10;/h1-6,11H,14H2;1H/t11-;/m0./s1.